The molecule has 3 rings (SSSR count). The molecule has 0 aliphatic heterocycles. The predicted molar refractivity (Wildman–Crippen MR) is 84.0 cm³/mol. The number of benzene rings is 1. The fourth-order valence-electron chi connectivity index (χ4n) is 3.28. The van der Waals surface area contributed by atoms with Gasteiger partial charge >= 0.3 is 0 Å². The van der Waals surface area contributed by atoms with Crippen LogP contribution in [0.25, 0.3) is 0 Å². The summed E-state index contributed by atoms with van der Waals surface area (Å²) < 4.78 is 0. The second-order valence-electron chi connectivity index (χ2n) is 6.17. The summed E-state index contributed by atoms with van der Waals surface area (Å²) in [6, 6.07) is 8.84. The number of fused-ring (bicyclic) bond motifs is 1. The standard InChI is InChI=1S/C17H25N3/c18-17(20-12-13-4-3-5-13)19-11-10-15-9-8-14-6-1-2-7-16(14)15/h1-2,6-7,13,15H,3-5,8-12H2,(H3,18,19,20). The topological polar surface area (TPSA) is 50.4 Å². The molecule has 20 heavy (non-hydrogen) atoms. The summed E-state index contributed by atoms with van der Waals surface area (Å²) >= 11 is 0. The van der Waals surface area contributed by atoms with E-state index in [0.717, 1.165) is 25.4 Å². The molecule has 0 radical (unpaired) electrons. The summed E-state index contributed by atoms with van der Waals surface area (Å²) in [6.07, 6.45) is 7.68. The number of hydrogen-bond donors (Lipinski definition) is 2. The maximum Gasteiger partial charge on any atom is 0.188 e. The second kappa shape index (κ2) is 6.29. The summed E-state index contributed by atoms with van der Waals surface area (Å²) in [7, 11) is 0. The molecule has 3 nitrogen and oxygen atoms in total. The smallest absolute Gasteiger partial charge is 0.188 e. The van der Waals surface area contributed by atoms with Crippen molar-refractivity contribution in [2.75, 3.05) is 13.1 Å². The van der Waals surface area contributed by atoms with Crippen molar-refractivity contribution in [2.24, 2.45) is 16.6 Å². The van der Waals surface area contributed by atoms with Gasteiger partial charge in [0, 0.05) is 13.1 Å². The molecule has 2 aliphatic carbocycles. The third kappa shape index (κ3) is 3.14. The van der Waals surface area contributed by atoms with Crippen LogP contribution in [0.5, 0.6) is 0 Å². The normalized spacial score (nSPS) is 22.4. The maximum atomic E-state index is 5.92. The molecular formula is C17H25N3. The molecule has 0 aromatic heterocycles. The van der Waals surface area contributed by atoms with Crippen LogP contribution in [0.3, 0.4) is 0 Å². The largest absolute Gasteiger partial charge is 0.370 e. The van der Waals surface area contributed by atoms with Crippen LogP contribution in [0.4, 0.5) is 0 Å². The summed E-state index contributed by atoms with van der Waals surface area (Å²) in [5.74, 6) is 2.11. The maximum absolute atomic E-state index is 5.92. The minimum absolute atomic E-state index is 0.628. The van der Waals surface area contributed by atoms with Crippen LogP contribution in [0.15, 0.2) is 29.3 Å². The van der Waals surface area contributed by atoms with Crippen molar-refractivity contribution in [1.29, 1.82) is 0 Å². The molecule has 2 aliphatic rings. The average molecular weight is 271 g/mol. The second-order valence-corrected chi connectivity index (χ2v) is 6.17. The van der Waals surface area contributed by atoms with Crippen molar-refractivity contribution >= 4 is 5.96 Å². The minimum Gasteiger partial charge on any atom is -0.370 e. The first kappa shape index (κ1) is 13.5. The van der Waals surface area contributed by atoms with Gasteiger partial charge in [-0.25, -0.2) is 0 Å². The molecule has 0 bridgehead atoms. The number of aliphatic imine (C=N–C) groups is 1. The quantitative estimate of drug-likeness (QED) is 0.639. The van der Waals surface area contributed by atoms with Crippen LogP contribution in [-0.2, 0) is 6.42 Å². The first-order valence-electron chi connectivity index (χ1n) is 7.94. The molecular weight excluding hydrogens is 246 g/mol. The van der Waals surface area contributed by atoms with Gasteiger partial charge in [0.2, 0.25) is 0 Å². The number of hydrogen-bond acceptors (Lipinski definition) is 1. The Bertz CT molecular complexity index is 477. The van der Waals surface area contributed by atoms with Crippen molar-refractivity contribution in [3.05, 3.63) is 35.4 Å². The molecule has 1 aromatic carbocycles. The summed E-state index contributed by atoms with van der Waals surface area (Å²) in [5.41, 5.74) is 8.99. The zero-order chi connectivity index (χ0) is 13.8. The lowest BCUT2D eigenvalue weighted by Gasteiger charge is -2.23. The predicted octanol–water partition coefficient (Wildman–Crippen LogP) is 2.81. The van der Waals surface area contributed by atoms with Gasteiger partial charge in [-0.15, -0.1) is 0 Å². The van der Waals surface area contributed by atoms with E-state index in [4.69, 9.17) is 5.73 Å². The van der Waals surface area contributed by atoms with E-state index in [2.05, 4.69) is 34.6 Å². The highest BCUT2D eigenvalue weighted by Crippen LogP contribution is 2.34. The monoisotopic (exact) mass is 271 g/mol. The Hall–Kier alpha value is -1.51. The molecule has 108 valence electrons. The molecule has 0 heterocycles. The summed E-state index contributed by atoms with van der Waals surface area (Å²) in [5, 5.41) is 3.27. The summed E-state index contributed by atoms with van der Waals surface area (Å²) in [4.78, 5) is 4.44. The van der Waals surface area contributed by atoms with Crippen molar-refractivity contribution in [2.45, 2.75) is 44.4 Å². The summed E-state index contributed by atoms with van der Waals surface area (Å²) in [6.45, 7) is 1.84. The van der Waals surface area contributed by atoms with Gasteiger partial charge in [-0.05, 0) is 55.1 Å². The van der Waals surface area contributed by atoms with Crippen LogP contribution < -0.4 is 11.1 Å². The van der Waals surface area contributed by atoms with Crippen molar-refractivity contribution in [1.82, 2.24) is 5.32 Å². The number of rotatable bonds is 5. The number of nitrogens with one attached hydrogen (secondary N) is 1. The van der Waals surface area contributed by atoms with Crippen LogP contribution in [0, 0.1) is 5.92 Å². The fourth-order valence-corrected chi connectivity index (χ4v) is 3.28. The van der Waals surface area contributed by atoms with Gasteiger partial charge in [0.05, 0.1) is 0 Å². The third-order valence-electron chi connectivity index (χ3n) is 4.80. The van der Waals surface area contributed by atoms with Gasteiger partial charge in [-0.1, -0.05) is 30.7 Å². The Morgan fingerprint density at radius 2 is 2.10 bits per heavy atom. The van der Waals surface area contributed by atoms with Crippen LogP contribution in [0.1, 0.15) is 49.1 Å². The molecule has 1 fully saturated rings. The van der Waals surface area contributed by atoms with E-state index >= 15 is 0 Å². The van der Waals surface area contributed by atoms with Gasteiger partial charge in [-0.2, -0.15) is 0 Å². The van der Waals surface area contributed by atoms with E-state index < -0.39 is 0 Å². The van der Waals surface area contributed by atoms with E-state index in [1.807, 2.05) is 0 Å². The molecule has 1 atom stereocenters. The lowest BCUT2D eigenvalue weighted by molar-refractivity contribution is 0.326. The number of nitrogens with zero attached hydrogens (tertiary/aromatic N) is 1. The van der Waals surface area contributed by atoms with E-state index in [1.54, 1.807) is 5.56 Å². The molecule has 1 saturated carbocycles. The van der Waals surface area contributed by atoms with Crippen LogP contribution in [-0.4, -0.2) is 19.0 Å². The number of guanidine groups is 1. The van der Waals surface area contributed by atoms with E-state index in [9.17, 15) is 0 Å². The van der Waals surface area contributed by atoms with Gasteiger partial charge in [0.15, 0.2) is 5.96 Å². The van der Waals surface area contributed by atoms with Crippen molar-refractivity contribution < 1.29 is 0 Å². The number of aryl methyl sites for hydroxylation is 1. The van der Waals surface area contributed by atoms with Gasteiger partial charge < -0.3 is 11.1 Å². The SMILES string of the molecule is NC(=NCC1CCC1)NCCC1CCc2ccccc21. The zero-order valence-electron chi connectivity index (χ0n) is 12.1. The lowest BCUT2D eigenvalue weighted by Crippen LogP contribution is -2.33. The Morgan fingerprint density at radius 1 is 1.25 bits per heavy atom. The molecule has 3 N–H and O–H groups in total. The van der Waals surface area contributed by atoms with Crippen LogP contribution in [0.2, 0.25) is 0 Å². The average Bonchev–Trinajstić information content (AvgIpc) is 2.81. The highest BCUT2D eigenvalue weighted by molar-refractivity contribution is 5.77. The van der Waals surface area contributed by atoms with Gasteiger partial charge in [0.1, 0.15) is 0 Å². The molecule has 3 heteroatoms. The number of nitrogens with two attached hydrogens (primary N) is 1. The van der Waals surface area contributed by atoms with Crippen LogP contribution >= 0.6 is 0 Å². The first-order chi connectivity index (χ1) is 9.83. The molecule has 0 saturated heterocycles. The minimum atomic E-state index is 0.628. The fraction of sp³-hybridized carbons (Fsp3) is 0.588. The highest BCUT2D eigenvalue weighted by Gasteiger charge is 2.21. The Balaban J connectivity index is 1.41. The Morgan fingerprint density at radius 3 is 2.90 bits per heavy atom. The lowest BCUT2D eigenvalue weighted by atomic mass is 9.86. The van der Waals surface area contributed by atoms with E-state index in [-0.39, 0.29) is 0 Å². The molecule has 0 amide bonds. The molecule has 1 unspecified atom stereocenters. The highest BCUT2D eigenvalue weighted by atomic mass is 15.1. The molecule has 0 spiro atoms. The van der Waals surface area contributed by atoms with Crippen molar-refractivity contribution in [3.8, 4) is 0 Å². The van der Waals surface area contributed by atoms with Gasteiger partial charge in [0.25, 0.3) is 0 Å². The van der Waals surface area contributed by atoms with E-state index in [0.29, 0.717) is 11.9 Å². The third-order valence-corrected chi connectivity index (χ3v) is 4.80. The van der Waals surface area contributed by atoms with Crippen molar-refractivity contribution in [3.63, 3.8) is 0 Å². The molecule has 1 aromatic rings. The van der Waals surface area contributed by atoms with E-state index in [1.165, 1.54) is 37.7 Å². The Kier molecular flexibility index (Phi) is 4.24. The van der Waals surface area contributed by atoms with Gasteiger partial charge in [-0.3, -0.25) is 4.99 Å². The zero-order valence-corrected chi connectivity index (χ0v) is 12.1. The first-order valence-corrected chi connectivity index (χ1v) is 7.94. The Labute approximate surface area is 121 Å².